The lowest BCUT2D eigenvalue weighted by Gasteiger charge is -2.34. The second kappa shape index (κ2) is 10.3. The molecule has 7 heteroatoms. The molecule has 0 spiro atoms. The lowest BCUT2D eigenvalue weighted by Crippen LogP contribution is -2.48. The molecular formula is C30H32FN5O. The maximum absolute atomic E-state index is 14.1. The molecule has 1 aliphatic rings. The number of carbonyl (C=O) groups excluding carboxylic acids is 1. The number of nitrogens with zero attached hydrogens (tertiary/aromatic N) is 5. The molecule has 3 heterocycles. The largest absolute Gasteiger partial charge is 0.335 e. The molecule has 0 atom stereocenters. The molecule has 2 aromatic heterocycles. The quantitative estimate of drug-likeness (QED) is 0.375. The van der Waals surface area contributed by atoms with Crippen molar-refractivity contribution < 1.29 is 9.18 Å². The summed E-state index contributed by atoms with van der Waals surface area (Å²) >= 11 is 0. The standard InChI is InChI=1S/C30H32FN5O/c1-30(2,3)27-21-28-32-25(20-26(36(28)33-27)23-12-7-13-24(31)19-23)29(37)35-17-15-34(16-18-35)14-8-11-22-9-5-4-6-10-22/h4-13,19-21H,14-18H2,1-3H3/b11-8+. The van der Waals surface area contributed by atoms with Gasteiger partial charge in [-0.1, -0.05) is 75.4 Å². The molecule has 6 nitrogen and oxygen atoms in total. The molecule has 0 radical (unpaired) electrons. The summed E-state index contributed by atoms with van der Waals surface area (Å²) in [6.07, 6.45) is 4.29. The molecule has 4 aromatic rings. The van der Waals surface area contributed by atoms with Gasteiger partial charge in [0.2, 0.25) is 0 Å². The van der Waals surface area contributed by atoms with Crippen LogP contribution in [0, 0.1) is 5.82 Å². The van der Waals surface area contributed by atoms with Gasteiger partial charge in [-0.2, -0.15) is 5.10 Å². The van der Waals surface area contributed by atoms with Gasteiger partial charge in [0.25, 0.3) is 5.91 Å². The molecule has 37 heavy (non-hydrogen) atoms. The Morgan fingerprint density at radius 3 is 2.43 bits per heavy atom. The van der Waals surface area contributed by atoms with Crippen LogP contribution < -0.4 is 0 Å². The summed E-state index contributed by atoms with van der Waals surface area (Å²) in [4.78, 5) is 22.4. The van der Waals surface area contributed by atoms with Gasteiger partial charge in [0.15, 0.2) is 5.65 Å². The normalized spacial score (nSPS) is 15.1. The van der Waals surface area contributed by atoms with Crippen LogP contribution in [-0.2, 0) is 5.41 Å². The second-order valence-corrected chi connectivity index (χ2v) is 10.5. The van der Waals surface area contributed by atoms with Gasteiger partial charge in [-0.3, -0.25) is 9.69 Å². The highest BCUT2D eigenvalue weighted by atomic mass is 19.1. The highest BCUT2D eigenvalue weighted by molar-refractivity contribution is 5.94. The van der Waals surface area contributed by atoms with E-state index in [2.05, 4.69) is 54.9 Å². The van der Waals surface area contributed by atoms with Crippen molar-refractivity contribution in [3.63, 3.8) is 0 Å². The molecule has 1 aliphatic heterocycles. The van der Waals surface area contributed by atoms with E-state index < -0.39 is 0 Å². The zero-order valence-electron chi connectivity index (χ0n) is 21.6. The van der Waals surface area contributed by atoms with E-state index >= 15 is 0 Å². The Hall–Kier alpha value is -3.84. The molecule has 2 aromatic carbocycles. The maximum atomic E-state index is 14.1. The molecular weight excluding hydrogens is 465 g/mol. The average Bonchev–Trinajstić information content (AvgIpc) is 3.34. The third kappa shape index (κ3) is 5.62. The Morgan fingerprint density at radius 1 is 0.973 bits per heavy atom. The topological polar surface area (TPSA) is 53.7 Å². The van der Waals surface area contributed by atoms with Crippen LogP contribution in [0.5, 0.6) is 0 Å². The summed E-state index contributed by atoms with van der Waals surface area (Å²) in [5, 5.41) is 4.76. The van der Waals surface area contributed by atoms with Crippen molar-refractivity contribution >= 4 is 17.6 Å². The molecule has 0 saturated carbocycles. The van der Waals surface area contributed by atoms with Gasteiger partial charge >= 0.3 is 0 Å². The van der Waals surface area contributed by atoms with Crippen LogP contribution in [0.2, 0.25) is 0 Å². The first-order valence-corrected chi connectivity index (χ1v) is 12.7. The molecule has 0 bridgehead atoms. The number of benzene rings is 2. The van der Waals surface area contributed by atoms with Gasteiger partial charge < -0.3 is 4.90 Å². The SMILES string of the molecule is CC(C)(C)c1cc2nc(C(=O)N3CCN(C/C=C/c4ccccc4)CC3)cc(-c3cccc(F)c3)n2n1. The van der Waals surface area contributed by atoms with E-state index in [1.165, 1.54) is 17.7 Å². The second-order valence-electron chi connectivity index (χ2n) is 10.5. The minimum Gasteiger partial charge on any atom is -0.335 e. The van der Waals surface area contributed by atoms with Crippen molar-refractivity contribution in [2.24, 2.45) is 0 Å². The average molecular weight is 498 g/mol. The van der Waals surface area contributed by atoms with Crippen LogP contribution in [0.4, 0.5) is 4.39 Å². The Morgan fingerprint density at radius 2 is 1.73 bits per heavy atom. The summed E-state index contributed by atoms with van der Waals surface area (Å²) in [5.41, 5.74) is 4.08. The molecule has 190 valence electrons. The van der Waals surface area contributed by atoms with Crippen LogP contribution in [0.3, 0.4) is 0 Å². The van der Waals surface area contributed by atoms with Crippen molar-refractivity contribution in [1.29, 1.82) is 0 Å². The van der Waals surface area contributed by atoms with Crippen molar-refractivity contribution in [3.05, 3.63) is 95.6 Å². The molecule has 1 saturated heterocycles. The monoisotopic (exact) mass is 497 g/mol. The minimum atomic E-state index is -0.337. The Kier molecular flexibility index (Phi) is 6.89. The fourth-order valence-corrected chi connectivity index (χ4v) is 4.50. The van der Waals surface area contributed by atoms with Crippen LogP contribution in [-0.4, -0.2) is 63.0 Å². The molecule has 5 rings (SSSR count). The Bertz CT molecular complexity index is 1430. The number of amides is 1. The van der Waals surface area contributed by atoms with Crippen LogP contribution in [0.1, 0.15) is 42.5 Å². The lowest BCUT2D eigenvalue weighted by atomic mass is 9.93. The molecule has 0 N–H and O–H groups in total. The van der Waals surface area contributed by atoms with Crippen LogP contribution >= 0.6 is 0 Å². The van der Waals surface area contributed by atoms with E-state index in [0.29, 0.717) is 35.7 Å². The Labute approximate surface area is 217 Å². The van der Waals surface area contributed by atoms with Gasteiger partial charge in [0.05, 0.1) is 11.4 Å². The number of piperazine rings is 1. The predicted molar refractivity (Wildman–Crippen MR) is 145 cm³/mol. The van der Waals surface area contributed by atoms with E-state index in [1.807, 2.05) is 35.2 Å². The lowest BCUT2D eigenvalue weighted by molar-refractivity contribution is 0.0644. The van der Waals surface area contributed by atoms with E-state index in [0.717, 1.165) is 25.3 Å². The van der Waals surface area contributed by atoms with E-state index in [-0.39, 0.29) is 17.1 Å². The number of halogens is 1. The summed E-state index contributed by atoms with van der Waals surface area (Å²) in [6, 6.07) is 20.2. The van der Waals surface area contributed by atoms with Crippen molar-refractivity contribution in [2.45, 2.75) is 26.2 Å². The summed E-state index contributed by atoms with van der Waals surface area (Å²) in [5.74, 6) is -0.450. The molecule has 1 fully saturated rings. The molecule has 1 amide bonds. The fraction of sp³-hybridized carbons (Fsp3) is 0.300. The third-order valence-electron chi connectivity index (χ3n) is 6.67. The smallest absolute Gasteiger partial charge is 0.272 e. The van der Waals surface area contributed by atoms with Crippen LogP contribution in [0.15, 0.2) is 72.8 Å². The zero-order chi connectivity index (χ0) is 26.0. The number of fused-ring (bicyclic) bond motifs is 1. The first kappa shape index (κ1) is 24.8. The van der Waals surface area contributed by atoms with E-state index in [4.69, 9.17) is 5.10 Å². The summed E-state index contributed by atoms with van der Waals surface area (Å²) in [6.45, 7) is 9.94. The highest BCUT2D eigenvalue weighted by Gasteiger charge is 2.25. The first-order chi connectivity index (χ1) is 17.8. The van der Waals surface area contributed by atoms with Gasteiger partial charge in [-0.15, -0.1) is 0 Å². The number of aromatic nitrogens is 3. The number of hydrogen-bond acceptors (Lipinski definition) is 4. The van der Waals surface area contributed by atoms with Gasteiger partial charge in [0, 0.05) is 49.8 Å². The van der Waals surface area contributed by atoms with Gasteiger partial charge in [-0.25, -0.2) is 13.9 Å². The summed E-state index contributed by atoms with van der Waals surface area (Å²) in [7, 11) is 0. The first-order valence-electron chi connectivity index (χ1n) is 12.7. The molecule has 0 aliphatic carbocycles. The molecule has 0 unspecified atom stereocenters. The Balaban J connectivity index is 1.36. The maximum Gasteiger partial charge on any atom is 0.272 e. The number of rotatable bonds is 5. The van der Waals surface area contributed by atoms with Gasteiger partial charge in [-0.05, 0) is 23.8 Å². The van der Waals surface area contributed by atoms with Crippen molar-refractivity contribution in [2.75, 3.05) is 32.7 Å². The minimum absolute atomic E-state index is 0.113. The highest BCUT2D eigenvalue weighted by Crippen LogP contribution is 2.27. The number of carbonyl (C=O) groups is 1. The fourth-order valence-electron chi connectivity index (χ4n) is 4.50. The zero-order valence-corrected chi connectivity index (χ0v) is 21.6. The van der Waals surface area contributed by atoms with Crippen molar-refractivity contribution in [3.8, 4) is 11.3 Å². The van der Waals surface area contributed by atoms with Crippen LogP contribution in [0.25, 0.3) is 23.0 Å². The van der Waals surface area contributed by atoms with E-state index in [1.54, 1.807) is 16.6 Å². The third-order valence-corrected chi connectivity index (χ3v) is 6.67. The van der Waals surface area contributed by atoms with Gasteiger partial charge in [0.1, 0.15) is 11.5 Å². The summed E-state index contributed by atoms with van der Waals surface area (Å²) < 4.78 is 15.8. The van der Waals surface area contributed by atoms with Crippen molar-refractivity contribution in [1.82, 2.24) is 24.4 Å². The number of hydrogen-bond donors (Lipinski definition) is 0. The van der Waals surface area contributed by atoms with E-state index in [9.17, 15) is 9.18 Å². The predicted octanol–water partition coefficient (Wildman–Crippen LogP) is 5.30.